The van der Waals surface area contributed by atoms with Crippen LogP contribution in [0.3, 0.4) is 0 Å². The average molecular weight is 295 g/mol. The second-order valence-corrected chi connectivity index (χ2v) is 4.62. The van der Waals surface area contributed by atoms with Crippen LogP contribution in [0.25, 0.3) is 22.3 Å². The first-order valence-electron chi connectivity index (χ1n) is 6.41. The summed E-state index contributed by atoms with van der Waals surface area (Å²) in [6.45, 7) is 0. The first kappa shape index (κ1) is 13.8. The lowest BCUT2D eigenvalue weighted by Gasteiger charge is -2.14. The van der Waals surface area contributed by atoms with Gasteiger partial charge in [-0.3, -0.25) is 15.0 Å². The number of nitrogens with two attached hydrogens (primary N) is 1. The predicted octanol–water partition coefficient (Wildman–Crippen LogP) is 0.267. The Morgan fingerprint density at radius 2 is 2.00 bits per heavy atom. The van der Waals surface area contributed by atoms with E-state index in [9.17, 15) is 14.7 Å². The normalized spacial score (nSPS) is 10.6. The number of fused-ring (bicyclic) bond motifs is 1. The van der Waals surface area contributed by atoms with Gasteiger partial charge in [0.1, 0.15) is 5.82 Å². The summed E-state index contributed by atoms with van der Waals surface area (Å²) in [4.78, 5) is 30.5. The van der Waals surface area contributed by atoms with Gasteiger partial charge in [0, 0.05) is 11.1 Å². The molecule has 0 spiro atoms. The highest BCUT2D eigenvalue weighted by Gasteiger charge is 2.10. The number of carbonyl (C=O) groups excluding carboxylic acids is 1. The van der Waals surface area contributed by atoms with Crippen molar-refractivity contribution in [2.45, 2.75) is 0 Å². The maximum absolute atomic E-state index is 12.1. The van der Waals surface area contributed by atoms with Gasteiger partial charge in [0.15, 0.2) is 0 Å². The number of hydrogen-bond acceptors (Lipinski definition) is 5. The van der Waals surface area contributed by atoms with Crippen LogP contribution in [0, 0.1) is 0 Å². The Labute approximate surface area is 124 Å². The molecule has 0 unspecified atom stereocenters. The summed E-state index contributed by atoms with van der Waals surface area (Å²) in [6.07, 6.45) is 0. The number of nitrogen functional groups attached to an aromatic ring is 1. The van der Waals surface area contributed by atoms with E-state index in [2.05, 4.69) is 9.97 Å². The minimum Gasteiger partial charge on any atom is -0.872 e. The van der Waals surface area contributed by atoms with Crippen molar-refractivity contribution >= 4 is 16.8 Å². The van der Waals surface area contributed by atoms with E-state index in [1.54, 1.807) is 24.3 Å². The molecule has 0 aliphatic heterocycles. The third-order valence-corrected chi connectivity index (χ3v) is 3.24. The third-order valence-electron chi connectivity index (χ3n) is 3.24. The van der Waals surface area contributed by atoms with Crippen LogP contribution < -0.4 is 21.9 Å². The van der Waals surface area contributed by atoms with Crippen molar-refractivity contribution in [3.63, 3.8) is 0 Å². The Bertz CT molecular complexity index is 933. The molecule has 0 aliphatic rings. The largest absolute Gasteiger partial charge is 0.872 e. The fourth-order valence-electron chi connectivity index (χ4n) is 2.15. The summed E-state index contributed by atoms with van der Waals surface area (Å²) in [6, 6.07) is 10.7. The van der Waals surface area contributed by atoms with Gasteiger partial charge < -0.3 is 10.1 Å². The quantitative estimate of drug-likeness (QED) is 0.355. The molecule has 0 fully saturated rings. The van der Waals surface area contributed by atoms with Crippen molar-refractivity contribution in [3.05, 3.63) is 58.4 Å². The lowest BCUT2D eigenvalue weighted by atomic mass is 10.1. The molecular weight excluding hydrogens is 284 g/mol. The molecule has 2 aromatic carbocycles. The molecule has 1 aromatic heterocycles. The molecule has 3 rings (SSSR count). The highest BCUT2D eigenvalue weighted by Crippen LogP contribution is 2.25. The lowest BCUT2D eigenvalue weighted by molar-refractivity contribution is -0.267. The topological polar surface area (TPSA) is 124 Å². The monoisotopic (exact) mass is 295 g/mol. The van der Waals surface area contributed by atoms with Gasteiger partial charge in [-0.25, -0.2) is 10.8 Å². The minimum absolute atomic E-state index is 0.111. The number of hydrogen-bond donors (Lipinski definition) is 3. The summed E-state index contributed by atoms with van der Waals surface area (Å²) in [5.74, 6) is 4.30. The highest BCUT2D eigenvalue weighted by molar-refractivity contribution is 5.95. The van der Waals surface area contributed by atoms with Crippen molar-refractivity contribution in [2.75, 3.05) is 0 Å². The van der Waals surface area contributed by atoms with Gasteiger partial charge in [0.05, 0.1) is 10.9 Å². The van der Waals surface area contributed by atoms with Crippen molar-refractivity contribution < 1.29 is 9.90 Å². The molecule has 22 heavy (non-hydrogen) atoms. The van der Waals surface area contributed by atoms with Crippen LogP contribution >= 0.6 is 0 Å². The van der Waals surface area contributed by atoms with Gasteiger partial charge in [0.2, 0.25) is 0 Å². The minimum atomic E-state index is -0.538. The average Bonchev–Trinajstić information content (AvgIpc) is 2.54. The zero-order chi connectivity index (χ0) is 15.7. The molecule has 1 amide bonds. The van der Waals surface area contributed by atoms with Gasteiger partial charge in [-0.15, -0.1) is 0 Å². The van der Waals surface area contributed by atoms with Crippen LogP contribution in [0.5, 0.6) is 5.75 Å². The van der Waals surface area contributed by atoms with E-state index < -0.39 is 5.91 Å². The molecule has 1 heterocycles. The van der Waals surface area contributed by atoms with Gasteiger partial charge in [-0.05, 0) is 24.3 Å². The highest BCUT2D eigenvalue weighted by atomic mass is 16.3. The van der Waals surface area contributed by atoms with Gasteiger partial charge >= 0.3 is 0 Å². The van der Waals surface area contributed by atoms with Crippen LogP contribution in [0.1, 0.15) is 10.4 Å². The van der Waals surface area contributed by atoms with E-state index in [1.165, 1.54) is 18.2 Å². The molecule has 0 radical (unpaired) electrons. The molecule has 0 aliphatic carbocycles. The van der Waals surface area contributed by atoms with Gasteiger partial charge in [-0.2, -0.15) is 0 Å². The fourth-order valence-corrected chi connectivity index (χ4v) is 2.15. The molecule has 3 aromatic rings. The Balaban J connectivity index is 2.23. The van der Waals surface area contributed by atoms with Crippen LogP contribution in [-0.4, -0.2) is 15.9 Å². The van der Waals surface area contributed by atoms with Crippen LogP contribution in [0.15, 0.2) is 47.3 Å². The molecule has 0 saturated heterocycles. The number of nitrogens with zero attached hydrogens (tertiary/aromatic N) is 1. The molecular formula is C15H11N4O3-. The fraction of sp³-hybridized carbons (Fsp3) is 0. The summed E-state index contributed by atoms with van der Waals surface area (Å²) in [5.41, 5.74) is 2.43. The summed E-state index contributed by atoms with van der Waals surface area (Å²) in [5, 5.41) is 12.4. The van der Waals surface area contributed by atoms with Gasteiger partial charge in [-0.1, -0.05) is 23.9 Å². The smallest absolute Gasteiger partial charge is 0.265 e. The number of aromatic amines is 1. The zero-order valence-corrected chi connectivity index (χ0v) is 11.3. The number of amides is 1. The van der Waals surface area contributed by atoms with Crippen molar-refractivity contribution in [1.82, 2.24) is 15.4 Å². The second kappa shape index (κ2) is 5.30. The van der Waals surface area contributed by atoms with Crippen LogP contribution in [0.4, 0.5) is 0 Å². The number of hydrazine groups is 1. The SMILES string of the molecule is NNC(=O)c1ccc([O-])c(-c2nc3ccccc3c(=O)[nH]2)c1. The van der Waals surface area contributed by atoms with Crippen molar-refractivity contribution in [1.29, 1.82) is 0 Å². The maximum Gasteiger partial charge on any atom is 0.265 e. The third kappa shape index (κ3) is 2.29. The number of nitrogens with one attached hydrogen (secondary N) is 2. The molecule has 110 valence electrons. The summed E-state index contributed by atoms with van der Waals surface area (Å²) in [7, 11) is 0. The number of para-hydroxylation sites is 1. The van der Waals surface area contributed by atoms with E-state index in [4.69, 9.17) is 5.84 Å². The molecule has 0 atom stereocenters. The van der Waals surface area contributed by atoms with E-state index >= 15 is 0 Å². The maximum atomic E-state index is 12.1. The van der Waals surface area contributed by atoms with Crippen LogP contribution in [-0.2, 0) is 0 Å². The molecule has 7 heteroatoms. The molecule has 7 nitrogen and oxygen atoms in total. The first-order chi connectivity index (χ1) is 10.6. The first-order valence-corrected chi connectivity index (χ1v) is 6.41. The molecule has 0 saturated carbocycles. The molecule has 0 bridgehead atoms. The van der Waals surface area contributed by atoms with Crippen LogP contribution in [0.2, 0.25) is 0 Å². The van der Waals surface area contributed by atoms with E-state index in [-0.39, 0.29) is 28.3 Å². The number of carbonyl (C=O) groups is 1. The molecule has 4 N–H and O–H groups in total. The van der Waals surface area contributed by atoms with Gasteiger partial charge in [0.25, 0.3) is 11.5 Å². The standard InChI is InChI=1S/C15H12N4O3/c16-19-14(21)8-5-6-12(20)10(7-8)13-17-11-4-2-1-3-9(11)15(22)18-13/h1-7,20H,16H2,(H,19,21)(H,17,18,22)/p-1. The van der Waals surface area contributed by atoms with E-state index in [0.717, 1.165) is 0 Å². The van der Waals surface area contributed by atoms with E-state index in [0.29, 0.717) is 10.9 Å². The number of benzene rings is 2. The Kier molecular flexibility index (Phi) is 3.32. The number of aromatic nitrogens is 2. The summed E-state index contributed by atoms with van der Waals surface area (Å²) < 4.78 is 0. The van der Waals surface area contributed by atoms with Crippen molar-refractivity contribution in [2.24, 2.45) is 5.84 Å². The zero-order valence-electron chi connectivity index (χ0n) is 11.3. The number of rotatable bonds is 2. The summed E-state index contributed by atoms with van der Waals surface area (Å²) >= 11 is 0. The Morgan fingerprint density at radius 1 is 1.23 bits per heavy atom. The van der Waals surface area contributed by atoms with Crippen molar-refractivity contribution in [3.8, 4) is 17.1 Å². The lowest BCUT2D eigenvalue weighted by Crippen LogP contribution is -2.30. The van der Waals surface area contributed by atoms with E-state index in [1.807, 2.05) is 5.43 Å². The number of H-pyrrole nitrogens is 1. The Morgan fingerprint density at radius 3 is 2.77 bits per heavy atom. The Hall–Kier alpha value is -3.19. The predicted molar refractivity (Wildman–Crippen MR) is 78.9 cm³/mol. The second-order valence-electron chi connectivity index (χ2n) is 4.62.